The summed E-state index contributed by atoms with van der Waals surface area (Å²) in [6.07, 6.45) is -0.777. The van der Waals surface area contributed by atoms with Gasteiger partial charge in [-0.3, -0.25) is 4.79 Å². The summed E-state index contributed by atoms with van der Waals surface area (Å²) >= 11 is 0. The fourth-order valence-corrected chi connectivity index (χ4v) is 3.56. The molecule has 0 heterocycles. The molecule has 152 valence electrons. The first-order valence-corrected chi connectivity index (χ1v) is 9.51. The van der Waals surface area contributed by atoms with Crippen molar-refractivity contribution in [1.82, 2.24) is 0 Å². The zero-order chi connectivity index (χ0) is 20.1. The van der Waals surface area contributed by atoms with Crippen LogP contribution in [0, 0.1) is 5.92 Å². The van der Waals surface area contributed by atoms with Crippen molar-refractivity contribution in [2.75, 3.05) is 18.5 Å². The maximum absolute atomic E-state index is 13.3. The lowest BCUT2D eigenvalue weighted by molar-refractivity contribution is -0.148. The predicted molar refractivity (Wildman–Crippen MR) is 97.8 cm³/mol. The average molecular weight is 387 g/mol. The second-order valence-corrected chi connectivity index (χ2v) is 7.14. The number of carbonyl (C=O) groups excluding carboxylic acids is 1. The summed E-state index contributed by atoms with van der Waals surface area (Å²) in [6.45, 7) is 6.21. The number of hydrogen-bond donors (Lipinski definition) is 1. The van der Waals surface area contributed by atoms with Gasteiger partial charge in [0.1, 0.15) is 11.4 Å². The Morgan fingerprint density at radius 2 is 2.07 bits per heavy atom. The second-order valence-electron chi connectivity index (χ2n) is 7.14. The summed E-state index contributed by atoms with van der Waals surface area (Å²) < 4.78 is 51.0. The van der Waals surface area contributed by atoms with Crippen molar-refractivity contribution in [2.45, 2.75) is 64.7 Å². The van der Waals surface area contributed by atoms with Crippen molar-refractivity contribution in [1.29, 1.82) is 0 Å². The molecular weight excluding hydrogens is 359 g/mol. The highest BCUT2D eigenvalue weighted by atomic mass is 19.4. The molecule has 0 unspecified atom stereocenters. The van der Waals surface area contributed by atoms with Crippen LogP contribution in [0.2, 0.25) is 0 Å². The Labute approximate surface area is 158 Å². The third-order valence-corrected chi connectivity index (χ3v) is 4.79. The summed E-state index contributed by atoms with van der Waals surface area (Å²) in [6, 6.07) is 3.59. The van der Waals surface area contributed by atoms with Crippen LogP contribution in [-0.4, -0.2) is 24.7 Å². The van der Waals surface area contributed by atoms with Crippen LogP contribution in [0.4, 0.5) is 18.9 Å². The summed E-state index contributed by atoms with van der Waals surface area (Å²) in [4.78, 5) is 13.0. The number of carbonyl (C=O) groups is 1. The number of benzene rings is 1. The van der Waals surface area contributed by atoms with Gasteiger partial charge in [0.05, 0.1) is 12.2 Å². The molecule has 27 heavy (non-hydrogen) atoms. The first-order valence-electron chi connectivity index (χ1n) is 9.51. The van der Waals surface area contributed by atoms with E-state index in [4.69, 9.17) is 9.47 Å². The zero-order valence-electron chi connectivity index (χ0n) is 16.1. The molecule has 0 aliphatic heterocycles. The fraction of sp³-hybridized carbons (Fsp3) is 0.650. The Morgan fingerprint density at radius 3 is 2.67 bits per heavy atom. The molecule has 0 aromatic heterocycles. The number of alkyl halides is 3. The third kappa shape index (κ3) is 5.37. The zero-order valence-corrected chi connectivity index (χ0v) is 16.1. The number of hydrogen-bond acceptors (Lipinski definition) is 3. The normalized spacial score (nSPS) is 23.1. The van der Waals surface area contributed by atoms with Gasteiger partial charge in [0.15, 0.2) is 0 Å². The molecular formula is C20H28F3NO3. The Bertz CT molecular complexity index is 648. The highest BCUT2D eigenvalue weighted by molar-refractivity contribution is 5.97. The van der Waals surface area contributed by atoms with E-state index < -0.39 is 17.3 Å². The Hall–Kier alpha value is -1.76. The van der Waals surface area contributed by atoms with Crippen LogP contribution < -0.4 is 10.1 Å². The second kappa shape index (κ2) is 8.95. The first kappa shape index (κ1) is 21.5. The average Bonchev–Trinajstić information content (AvgIpc) is 2.60. The van der Waals surface area contributed by atoms with E-state index in [1.165, 1.54) is 12.1 Å². The molecule has 1 aromatic carbocycles. The van der Waals surface area contributed by atoms with Crippen molar-refractivity contribution in [3.63, 3.8) is 0 Å². The minimum Gasteiger partial charge on any atom is -0.493 e. The molecule has 2 atom stereocenters. The number of anilines is 1. The van der Waals surface area contributed by atoms with Crippen LogP contribution in [0.3, 0.4) is 0 Å². The summed E-state index contributed by atoms with van der Waals surface area (Å²) in [5.74, 6) is -0.293. The van der Waals surface area contributed by atoms with Gasteiger partial charge >= 0.3 is 6.18 Å². The van der Waals surface area contributed by atoms with Gasteiger partial charge in [-0.25, -0.2) is 0 Å². The number of rotatable bonds is 7. The molecule has 2 rings (SSSR count). The van der Waals surface area contributed by atoms with Crippen molar-refractivity contribution in [3.05, 3.63) is 23.8 Å². The summed E-state index contributed by atoms with van der Waals surface area (Å²) in [7, 11) is 0. The third-order valence-electron chi connectivity index (χ3n) is 4.79. The van der Waals surface area contributed by atoms with E-state index in [-0.39, 0.29) is 24.0 Å². The summed E-state index contributed by atoms with van der Waals surface area (Å²) in [5.41, 5.74) is -1.79. The number of ether oxygens (including phenoxy) is 2. The molecule has 1 aromatic rings. The number of amides is 1. The maximum atomic E-state index is 13.3. The van der Waals surface area contributed by atoms with Crippen LogP contribution in [-0.2, 0) is 15.7 Å². The van der Waals surface area contributed by atoms with Gasteiger partial charge in [-0.15, -0.1) is 0 Å². The number of halogens is 3. The van der Waals surface area contributed by atoms with Crippen LogP contribution in [0.5, 0.6) is 5.75 Å². The molecule has 0 bridgehead atoms. The molecule has 1 aliphatic carbocycles. The van der Waals surface area contributed by atoms with Gasteiger partial charge in [-0.05, 0) is 56.7 Å². The van der Waals surface area contributed by atoms with Crippen LogP contribution in [0.1, 0.15) is 58.4 Å². The van der Waals surface area contributed by atoms with Crippen molar-refractivity contribution >= 4 is 11.6 Å². The molecule has 0 spiro atoms. The van der Waals surface area contributed by atoms with Crippen molar-refractivity contribution in [2.24, 2.45) is 5.92 Å². The minimum absolute atomic E-state index is 0.0912. The standard InChI is InChI=1S/C20H28F3NO3/c1-4-11-27-19(10-6-7-14(3)13-19)18(25)24-15-8-9-17(26-5-2)16(12-15)20(21,22)23/h8-9,12,14H,4-7,10-11,13H2,1-3H3,(H,24,25)/t14-,19+/m1/s1. The van der Waals surface area contributed by atoms with E-state index in [1.54, 1.807) is 6.92 Å². The van der Waals surface area contributed by atoms with Gasteiger partial charge in [0, 0.05) is 12.3 Å². The first-order chi connectivity index (χ1) is 12.7. The molecule has 0 radical (unpaired) electrons. The summed E-state index contributed by atoms with van der Waals surface area (Å²) in [5, 5.41) is 2.64. The van der Waals surface area contributed by atoms with Crippen molar-refractivity contribution < 1.29 is 27.4 Å². The van der Waals surface area contributed by atoms with E-state index >= 15 is 0 Å². The Morgan fingerprint density at radius 1 is 1.33 bits per heavy atom. The highest BCUT2D eigenvalue weighted by Gasteiger charge is 2.43. The van der Waals surface area contributed by atoms with E-state index in [9.17, 15) is 18.0 Å². The Kier molecular flexibility index (Phi) is 7.14. The highest BCUT2D eigenvalue weighted by Crippen LogP contribution is 2.39. The smallest absolute Gasteiger partial charge is 0.420 e. The molecule has 1 fully saturated rings. The lowest BCUT2D eigenvalue weighted by Crippen LogP contribution is -2.48. The molecule has 1 saturated carbocycles. The van der Waals surface area contributed by atoms with E-state index in [0.29, 0.717) is 25.4 Å². The van der Waals surface area contributed by atoms with E-state index in [1.807, 2.05) is 6.92 Å². The number of nitrogens with one attached hydrogen (secondary N) is 1. The molecule has 7 heteroatoms. The minimum atomic E-state index is -4.57. The SMILES string of the molecule is CCCO[C@@]1(C(=O)Nc2ccc(OCC)c(C(F)(F)F)c2)CCC[C@@H](C)C1. The predicted octanol–water partition coefficient (Wildman–Crippen LogP) is 5.42. The molecule has 1 aliphatic rings. The monoisotopic (exact) mass is 387 g/mol. The molecule has 1 N–H and O–H groups in total. The fourth-order valence-electron chi connectivity index (χ4n) is 3.56. The van der Waals surface area contributed by atoms with Gasteiger partial charge in [0.2, 0.25) is 0 Å². The maximum Gasteiger partial charge on any atom is 0.420 e. The molecule has 4 nitrogen and oxygen atoms in total. The van der Waals surface area contributed by atoms with Gasteiger partial charge in [-0.2, -0.15) is 13.2 Å². The molecule has 0 saturated heterocycles. The lowest BCUT2D eigenvalue weighted by Gasteiger charge is -2.38. The van der Waals surface area contributed by atoms with E-state index in [2.05, 4.69) is 12.2 Å². The van der Waals surface area contributed by atoms with Crippen LogP contribution in [0.25, 0.3) is 0 Å². The van der Waals surface area contributed by atoms with Gasteiger partial charge in [0.25, 0.3) is 5.91 Å². The lowest BCUT2D eigenvalue weighted by atomic mass is 9.78. The van der Waals surface area contributed by atoms with Crippen LogP contribution >= 0.6 is 0 Å². The van der Waals surface area contributed by atoms with Crippen LogP contribution in [0.15, 0.2) is 18.2 Å². The topological polar surface area (TPSA) is 47.6 Å². The van der Waals surface area contributed by atoms with Gasteiger partial charge < -0.3 is 14.8 Å². The largest absolute Gasteiger partial charge is 0.493 e. The van der Waals surface area contributed by atoms with Gasteiger partial charge in [-0.1, -0.05) is 20.3 Å². The molecule has 1 amide bonds. The Balaban J connectivity index is 2.26. The van der Waals surface area contributed by atoms with E-state index in [0.717, 1.165) is 25.3 Å². The van der Waals surface area contributed by atoms with Crippen molar-refractivity contribution in [3.8, 4) is 5.75 Å². The quantitative estimate of drug-likeness (QED) is 0.680.